The third kappa shape index (κ3) is 3.09. The molecule has 3 aromatic rings. The van der Waals surface area contributed by atoms with Crippen LogP contribution in [0, 0.1) is 0 Å². The quantitative estimate of drug-likeness (QED) is 0.540. The molecule has 0 unspecified atom stereocenters. The first-order chi connectivity index (χ1) is 13.2. The zero-order chi connectivity index (χ0) is 18.8. The van der Waals surface area contributed by atoms with E-state index < -0.39 is 0 Å². The SMILES string of the molecule is O=C1C(=Cc2ccccc2O)N(c2ccccc2)C(=S)N1c1ccccc1. The smallest absolute Gasteiger partial charge is 0.281 e. The molecule has 0 aliphatic carbocycles. The molecular weight excluding hydrogens is 356 g/mol. The zero-order valence-corrected chi connectivity index (χ0v) is 15.1. The van der Waals surface area contributed by atoms with Crippen LogP contribution in [0.15, 0.2) is 90.6 Å². The Morgan fingerprint density at radius 3 is 1.85 bits per heavy atom. The molecule has 0 aromatic heterocycles. The van der Waals surface area contributed by atoms with Crippen molar-refractivity contribution in [3.05, 3.63) is 96.2 Å². The van der Waals surface area contributed by atoms with Gasteiger partial charge in [-0.2, -0.15) is 0 Å². The average Bonchev–Trinajstić information content (AvgIpc) is 2.95. The number of benzene rings is 3. The lowest BCUT2D eigenvalue weighted by molar-refractivity contribution is -0.113. The predicted molar refractivity (Wildman–Crippen MR) is 112 cm³/mol. The van der Waals surface area contributed by atoms with E-state index in [0.29, 0.717) is 22.1 Å². The van der Waals surface area contributed by atoms with E-state index >= 15 is 0 Å². The second-order valence-electron chi connectivity index (χ2n) is 6.02. The molecule has 4 nitrogen and oxygen atoms in total. The van der Waals surface area contributed by atoms with E-state index in [9.17, 15) is 9.90 Å². The first kappa shape index (κ1) is 17.0. The number of carbonyl (C=O) groups excluding carboxylic acids is 1. The van der Waals surface area contributed by atoms with E-state index in [1.54, 1.807) is 29.2 Å². The van der Waals surface area contributed by atoms with E-state index in [-0.39, 0.29) is 11.7 Å². The largest absolute Gasteiger partial charge is 0.507 e. The summed E-state index contributed by atoms with van der Waals surface area (Å²) in [4.78, 5) is 16.5. The molecule has 1 saturated heterocycles. The van der Waals surface area contributed by atoms with Gasteiger partial charge in [-0.3, -0.25) is 14.6 Å². The highest BCUT2D eigenvalue weighted by molar-refractivity contribution is 7.81. The summed E-state index contributed by atoms with van der Waals surface area (Å²) in [6.45, 7) is 0. The molecule has 1 heterocycles. The number of amides is 1. The third-order valence-electron chi connectivity index (χ3n) is 4.30. The van der Waals surface area contributed by atoms with Crippen LogP contribution in [0.25, 0.3) is 6.08 Å². The number of nitrogens with zero attached hydrogens (tertiary/aromatic N) is 2. The van der Waals surface area contributed by atoms with Crippen molar-refractivity contribution in [1.29, 1.82) is 0 Å². The standard InChI is InChI=1S/C22H16N2O2S/c25-20-14-8-7-9-16(20)15-19-21(26)24(18-12-5-2-6-13-18)22(27)23(19)17-10-3-1-4-11-17/h1-15,25H. The van der Waals surface area contributed by atoms with Crippen LogP contribution in [0.4, 0.5) is 11.4 Å². The van der Waals surface area contributed by atoms with Gasteiger partial charge in [-0.15, -0.1) is 0 Å². The Hall–Kier alpha value is -3.44. The van der Waals surface area contributed by atoms with Gasteiger partial charge in [-0.05, 0) is 48.6 Å². The lowest BCUT2D eigenvalue weighted by Gasteiger charge is -2.20. The van der Waals surface area contributed by atoms with Gasteiger partial charge in [0, 0.05) is 11.3 Å². The number of rotatable bonds is 3. The van der Waals surface area contributed by atoms with E-state index in [0.717, 1.165) is 5.69 Å². The topological polar surface area (TPSA) is 43.8 Å². The summed E-state index contributed by atoms with van der Waals surface area (Å²) in [7, 11) is 0. The Morgan fingerprint density at radius 1 is 0.741 bits per heavy atom. The Balaban J connectivity index is 1.87. The fraction of sp³-hybridized carbons (Fsp3) is 0. The first-order valence-electron chi connectivity index (χ1n) is 8.45. The summed E-state index contributed by atoms with van der Waals surface area (Å²) in [6, 6.07) is 25.7. The van der Waals surface area contributed by atoms with Crippen LogP contribution in [-0.4, -0.2) is 16.1 Å². The number of carbonyl (C=O) groups is 1. The van der Waals surface area contributed by atoms with Crippen molar-refractivity contribution in [3.63, 3.8) is 0 Å². The molecule has 4 rings (SSSR count). The molecule has 1 amide bonds. The molecule has 1 fully saturated rings. The van der Waals surface area contributed by atoms with Gasteiger partial charge in [-0.1, -0.05) is 54.6 Å². The zero-order valence-electron chi connectivity index (χ0n) is 14.3. The van der Waals surface area contributed by atoms with Gasteiger partial charge in [0.1, 0.15) is 11.4 Å². The van der Waals surface area contributed by atoms with Crippen molar-refractivity contribution in [2.75, 3.05) is 9.80 Å². The first-order valence-corrected chi connectivity index (χ1v) is 8.86. The number of hydrogen-bond donors (Lipinski definition) is 1. The number of anilines is 2. The number of para-hydroxylation sites is 3. The molecule has 5 heteroatoms. The van der Waals surface area contributed by atoms with E-state index in [4.69, 9.17) is 12.2 Å². The summed E-state index contributed by atoms with van der Waals surface area (Å²) in [6.07, 6.45) is 1.67. The van der Waals surface area contributed by atoms with Gasteiger partial charge in [0.25, 0.3) is 5.91 Å². The van der Waals surface area contributed by atoms with Gasteiger partial charge in [0.2, 0.25) is 0 Å². The highest BCUT2D eigenvalue weighted by Crippen LogP contribution is 2.34. The van der Waals surface area contributed by atoms with Crippen molar-refractivity contribution < 1.29 is 9.90 Å². The molecule has 1 aliphatic rings. The normalized spacial score (nSPS) is 15.6. The summed E-state index contributed by atoms with van der Waals surface area (Å²) in [5.41, 5.74) is 2.43. The number of phenolic OH excluding ortho intramolecular Hbond substituents is 1. The molecule has 0 spiro atoms. The molecule has 1 N–H and O–H groups in total. The Bertz CT molecular complexity index is 1030. The second kappa shape index (κ2) is 7.05. The van der Waals surface area contributed by atoms with Gasteiger partial charge in [0.15, 0.2) is 5.11 Å². The monoisotopic (exact) mass is 372 g/mol. The molecule has 27 heavy (non-hydrogen) atoms. The number of phenols is 1. The predicted octanol–water partition coefficient (Wildman–Crippen LogP) is 4.57. The van der Waals surface area contributed by atoms with Crippen LogP contribution >= 0.6 is 12.2 Å². The fourth-order valence-corrected chi connectivity index (χ4v) is 3.41. The minimum Gasteiger partial charge on any atom is -0.507 e. The molecule has 3 aromatic carbocycles. The molecule has 1 aliphatic heterocycles. The third-order valence-corrected chi connectivity index (χ3v) is 4.67. The summed E-state index contributed by atoms with van der Waals surface area (Å²) < 4.78 is 0. The Labute approximate surface area is 162 Å². The fourth-order valence-electron chi connectivity index (χ4n) is 3.01. The maximum absolute atomic E-state index is 13.3. The Morgan fingerprint density at radius 2 is 1.26 bits per heavy atom. The molecular formula is C22H16N2O2S. The van der Waals surface area contributed by atoms with Crippen LogP contribution in [0.3, 0.4) is 0 Å². The lowest BCUT2D eigenvalue weighted by Crippen LogP contribution is -2.32. The molecule has 132 valence electrons. The highest BCUT2D eigenvalue weighted by atomic mass is 32.1. The summed E-state index contributed by atoms with van der Waals surface area (Å²) in [5.74, 6) is -0.131. The number of hydrogen-bond acceptors (Lipinski definition) is 3. The minimum atomic E-state index is -0.238. The van der Waals surface area contributed by atoms with Crippen molar-refractivity contribution in [2.45, 2.75) is 0 Å². The Kier molecular flexibility index (Phi) is 4.44. The van der Waals surface area contributed by atoms with Crippen molar-refractivity contribution in [3.8, 4) is 5.75 Å². The van der Waals surface area contributed by atoms with E-state index in [1.165, 1.54) is 4.90 Å². The van der Waals surface area contributed by atoms with E-state index in [1.807, 2.05) is 66.7 Å². The maximum Gasteiger partial charge on any atom is 0.281 e. The molecule has 0 radical (unpaired) electrons. The number of thiocarbonyl (C=S) groups is 1. The van der Waals surface area contributed by atoms with Crippen LogP contribution in [-0.2, 0) is 4.79 Å². The van der Waals surface area contributed by atoms with Gasteiger partial charge in [-0.25, -0.2) is 0 Å². The van der Waals surface area contributed by atoms with E-state index in [2.05, 4.69) is 0 Å². The molecule has 0 atom stereocenters. The van der Waals surface area contributed by atoms with Gasteiger partial charge in [0.05, 0.1) is 5.69 Å². The second-order valence-corrected chi connectivity index (χ2v) is 6.38. The number of aromatic hydroxyl groups is 1. The molecule has 0 bridgehead atoms. The van der Waals surface area contributed by atoms with Crippen LogP contribution in [0.1, 0.15) is 5.56 Å². The minimum absolute atomic E-state index is 0.106. The van der Waals surface area contributed by atoms with Crippen molar-refractivity contribution in [2.24, 2.45) is 0 Å². The van der Waals surface area contributed by atoms with Gasteiger partial charge < -0.3 is 5.11 Å². The molecule has 0 saturated carbocycles. The van der Waals surface area contributed by atoms with Gasteiger partial charge >= 0.3 is 0 Å². The lowest BCUT2D eigenvalue weighted by atomic mass is 10.1. The maximum atomic E-state index is 13.3. The van der Waals surface area contributed by atoms with Crippen LogP contribution in [0.2, 0.25) is 0 Å². The average molecular weight is 372 g/mol. The van der Waals surface area contributed by atoms with Crippen LogP contribution < -0.4 is 9.80 Å². The van der Waals surface area contributed by atoms with Crippen LogP contribution in [0.5, 0.6) is 5.75 Å². The summed E-state index contributed by atoms with van der Waals surface area (Å²) >= 11 is 5.66. The van der Waals surface area contributed by atoms with Crippen molar-refractivity contribution >= 4 is 40.7 Å². The van der Waals surface area contributed by atoms with Crippen molar-refractivity contribution in [1.82, 2.24) is 0 Å². The summed E-state index contributed by atoms with van der Waals surface area (Å²) in [5, 5.41) is 10.5. The highest BCUT2D eigenvalue weighted by Gasteiger charge is 2.39.